The van der Waals surface area contributed by atoms with Crippen molar-refractivity contribution >= 4 is 17.5 Å². The number of hydrogen-bond acceptors (Lipinski definition) is 1. The lowest BCUT2D eigenvalue weighted by Crippen LogP contribution is -2.43. The van der Waals surface area contributed by atoms with Gasteiger partial charge in [-0.05, 0) is 42.2 Å². The molecule has 1 aromatic carbocycles. The second kappa shape index (κ2) is 3.63. The summed E-state index contributed by atoms with van der Waals surface area (Å²) in [5.41, 5.74) is 2.62. The monoisotopic (exact) mass is 233 g/mol. The fourth-order valence-electron chi connectivity index (χ4n) is 2.64. The Morgan fingerprint density at radius 1 is 1.38 bits per heavy atom. The van der Waals surface area contributed by atoms with Crippen LogP contribution in [0.2, 0.25) is 5.02 Å². The molecular weight excluding hydrogens is 222 g/mol. The van der Waals surface area contributed by atoms with Crippen LogP contribution in [0, 0.1) is 0 Å². The average Bonchev–Trinajstić information content (AvgIpc) is 2.28. The van der Waals surface area contributed by atoms with Crippen LogP contribution in [-0.4, -0.2) is 11.9 Å². The molecule has 0 radical (unpaired) electrons. The normalized spacial score (nSPS) is 26.9. The van der Waals surface area contributed by atoms with Gasteiger partial charge in [0.15, 0.2) is 0 Å². The number of nitrogens with one attached hydrogen (secondary N) is 1. The number of halogens is 1. The van der Waals surface area contributed by atoms with Gasteiger partial charge in [-0.15, -0.1) is 0 Å². The summed E-state index contributed by atoms with van der Waals surface area (Å²) in [6, 6.07) is 6.30. The molecule has 1 aromatic rings. The molecule has 3 rings (SSSR count). The Bertz CT molecular complexity index is 481. The quantitative estimate of drug-likeness (QED) is 0.733. The molecule has 2 aliphatic rings. The maximum absolute atomic E-state index is 11.3. The van der Waals surface area contributed by atoms with Crippen LogP contribution >= 0.6 is 11.6 Å². The van der Waals surface area contributed by atoms with E-state index in [9.17, 15) is 4.79 Å². The number of fused-ring (bicyclic) bond motifs is 3. The van der Waals surface area contributed by atoms with Gasteiger partial charge in [0.2, 0.25) is 5.91 Å². The summed E-state index contributed by atoms with van der Waals surface area (Å²) in [7, 11) is 0. The third kappa shape index (κ3) is 1.54. The second-order valence-corrected chi connectivity index (χ2v) is 4.82. The first-order valence-electron chi connectivity index (χ1n) is 5.51. The number of benzene rings is 1. The molecule has 82 valence electrons. The first kappa shape index (κ1) is 9.91. The van der Waals surface area contributed by atoms with Gasteiger partial charge in [0.1, 0.15) is 0 Å². The summed E-state index contributed by atoms with van der Waals surface area (Å²) < 4.78 is 0. The van der Waals surface area contributed by atoms with E-state index in [1.54, 1.807) is 6.08 Å². The van der Waals surface area contributed by atoms with Crippen LogP contribution in [0.15, 0.2) is 30.4 Å². The highest BCUT2D eigenvalue weighted by molar-refractivity contribution is 6.30. The molecule has 0 fully saturated rings. The number of aryl methyl sites for hydroxylation is 1. The van der Waals surface area contributed by atoms with Crippen LogP contribution < -0.4 is 5.32 Å². The van der Waals surface area contributed by atoms with Crippen molar-refractivity contribution in [2.75, 3.05) is 0 Å². The highest BCUT2D eigenvalue weighted by Crippen LogP contribution is 2.35. The highest BCUT2D eigenvalue weighted by Gasteiger charge is 2.30. The zero-order chi connectivity index (χ0) is 11.1. The molecular formula is C13H12ClNO. The first-order chi connectivity index (χ1) is 7.74. The SMILES string of the molecule is O=C1C=C[C@H]2c3ccc(Cl)cc3CC[C@@H]2N1. The molecule has 16 heavy (non-hydrogen) atoms. The van der Waals surface area contributed by atoms with E-state index in [1.807, 2.05) is 18.2 Å². The summed E-state index contributed by atoms with van der Waals surface area (Å²) in [5, 5.41) is 3.81. The third-order valence-corrected chi connectivity index (χ3v) is 3.64. The van der Waals surface area contributed by atoms with Crippen LogP contribution in [0.25, 0.3) is 0 Å². The number of hydrogen-bond donors (Lipinski definition) is 1. The molecule has 1 N–H and O–H groups in total. The van der Waals surface area contributed by atoms with E-state index in [-0.39, 0.29) is 11.9 Å². The average molecular weight is 234 g/mol. The minimum absolute atomic E-state index is 0.0265. The Labute approximate surface area is 99.3 Å². The Kier molecular flexibility index (Phi) is 2.25. The van der Waals surface area contributed by atoms with Crippen LogP contribution in [0.1, 0.15) is 23.5 Å². The molecule has 0 saturated heterocycles. The van der Waals surface area contributed by atoms with Crippen molar-refractivity contribution in [1.29, 1.82) is 0 Å². The number of amides is 1. The Morgan fingerprint density at radius 3 is 3.12 bits per heavy atom. The van der Waals surface area contributed by atoms with Gasteiger partial charge in [-0.2, -0.15) is 0 Å². The second-order valence-electron chi connectivity index (χ2n) is 4.38. The van der Waals surface area contributed by atoms with Gasteiger partial charge in [-0.25, -0.2) is 0 Å². The molecule has 0 aromatic heterocycles. The van der Waals surface area contributed by atoms with E-state index in [0.717, 1.165) is 17.9 Å². The molecule has 1 amide bonds. The van der Waals surface area contributed by atoms with Gasteiger partial charge in [0, 0.05) is 17.0 Å². The molecule has 2 atom stereocenters. The van der Waals surface area contributed by atoms with Crippen molar-refractivity contribution in [3.63, 3.8) is 0 Å². The maximum Gasteiger partial charge on any atom is 0.243 e. The highest BCUT2D eigenvalue weighted by atomic mass is 35.5. The van der Waals surface area contributed by atoms with Crippen LogP contribution in [0.3, 0.4) is 0 Å². The van der Waals surface area contributed by atoms with E-state index < -0.39 is 0 Å². The third-order valence-electron chi connectivity index (χ3n) is 3.40. The molecule has 2 nitrogen and oxygen atoms in total. The molecule has 0 spiro atoms. The number of carbonyl (C=O) groups is 1. The lowest BCUT2D eigenvalue weighted by Gasteiger charge is -2.34. The number of carbonyl (C=O) groups excluding carboxylic acids is 1. The van der Waals surface area contributed by atoms with Crippen molar-refractivity contribution in [1.82, 2.24) is 5.32 Å². The summed E-state index contributed by atoms with van der Waals surface area (Å²) in [6.07, 6.45) is 5.62. The molecule has 0 unspecified atom stereocenters. The van der Waals surface area contributed by atoms with Gasteiger partial charge in [0.25, 0.3) is 0 Å². The van der Waals surface area contributed by atoms with Crippen molar-refractivity contribution < 1.29 is 4.79 Å². The van der Waals surface area contributed by atoms with Crippen molar-refractivity contribution in [2.45, 2.75) is 24.8 Å². The van der Waals surface area contributed by atoms with Crippen LogP contribution in [0.5, 0.6) is 0 Å². The summed E-state index contributed by atoms with van der Waals surface area (Å²) in [4.78, 5) is 11.3. The fourth-order valence-corrected chi connectivity index (χ4v) is 2.84. The minimum Gasteiger partial charge on any atom is -0.349 e. The Hall–Kier alpha value is -1.28. The lowest BCUT2D eigenvalue weighted by molar-refractivity contribution is -0.117. The maximum atomic E-state index is 11.3. The standard InChI is InChI=1S/C13H12ClNO/c14-9-2-3-10-8(7-9)1-5-12-11(10)4-6-13(16)15-12/h2-4,6-7,11-12H,1,5H2,(H,15,16)/t11-,12-/m0/s1. The molecule has 1 aliphatic carbocycles. The fraction of sp³-hybridized carbons (Fsp3) is 0.308. The summed E-state index contributed by atoms with van der Waals surface area (Å²) in [5.74, 6) is 0.345. The Balaban J connectivity index is 2.06. The van der Waals surface area contributed by atoms with Crippen molar-refractivity contribution in [3.8, 4) is 0 Å². The van der Waals surface area contributed by atoms with Gasteiger partial charge in [0.05, 0.1) is 0 Å². The molecule has 0 bridgehead atoms. The van der Waals surface area contributed by atoms with E-state index in [0.29, 0.717) is 5.92 Å². The predicted molar refractivity (Wildman–Crippen MR) is 63.6 cm³/mol. The molecule has 3 heteroatoms. The largest absolute Gasteiger partial charge is 0.349 e. The van der Waals surface area contributed by atoms with E-state index >= 15 is 0 Å². The zero-order valence-electron chi connectivity index (χ0n) is 8.74. The van der Waals surface area contributed by atoms with Crippen LogP contribution in [0.4, 0.5) is 0 Å². The van der Waals surface area contributed by atoms with E-state index in [4.69, 9.17) is 11.6 Å². The van der Waals surface area contributed by atoms with E-state index in [1.165, 1.54) is 11.1 Å². The minimum atomic E-state index is 0.0265. The van der Waals surface area contributed by atoms with Crippen molar-refractivity contribution in [2.24, 2.45) is 0 Å². The van der Waals surface area contributed by atoms with Gasteiger partial charge in [-0.1, -0.05) is 23.7 Å². The van der Waals surface area contributed by atoms with E-state index in [2.05, 4.69) is 11.4 Å². The van der Waals surface area contributed by atoms with Gasteiger partial charge in [-0.3, -0.25) is 4.79 Å². The van der Waals surface area contributed by atoms with Gasteiger partial charge >= 0.3 is 0 Å². The summed E-state index contributed by atoms with van der Waals surface area (Å²) >= 11 is 5.99. The molecule has 0 saturated carbocycles. The first-order valence-corrected chi connectivity index (χ1v) is 5.89. The molecule has 1 heterocycles. The topological polar surface area (TPSA) is 29.1 Å². The summed E-state index contributed by atoms with van der Waals surface area (Å²) in [6.45, 7) is 0. The van der Waals surface area contributed by atoms with Gasteiger partial charge < -0.3 is 5.32 Å². The predicted octanol–water partition coefficient (Wildman–Crippen LogP) is 2.42. The Morgan fingerprint density at radius 2 is 2.25 bits per heavy atom. The molecule has 1 aliphatic heterocycles. The smallest absolute Gasteiger partial charge is 0.243 e. The number of rotatable bonds is 0. The lowest BCUT2D eigenvalue weighted by atomic mass is 9.78. The van der Waals surface area contributed by atoms with Crippen LogP contribution in [-0.2, 0) is 11.2 Å². The van der Waals surface area contributed by atoms with Crippen molar-refractivity contribution in [3.05, 3.63) is 46.5 Å². The zero-order valence-corrected chi connectivity index (χ0v) is 9.50.